The van der Waals surface area contributed by atoms with Gasteiger partial charge in [0.25, 0.3) is 15.7 Å². The third-order valence-electron chi connectivity index (χ3n) is 7.12. The van der Waals surface area contributed by atoms with Crippen molar-refractivity contribution >= 4 is 30.1 Å². The van der Waals surface area contributed by atoms with Gasteiger partial charge < -0.3 is 13.9 Å². The van der Waals surface area contributed by atoms with Gasteiger partial charge in [-0.05, 0) is 50.5 Å². The summed E-state index contributed by atoms with van der Waals surface area (Å²) in [5.74, 6) is 0. The van der Waals surface area contributed by atoms with E-state index in [1.807, 2.05) is 0 Å². The Morgan fingerprint density at radius 3 is 2.36 bits per heavy atom. The molecule has 2 atom stereocenters. The molecule has 0 spiro atoms. The number of carbonyl (C=O) groups is 1. The van der Waals surface area contributed by atoms with E-state index in [0.29, 0.717) is 10.0 Å². The first-order valence-electron chi connectivity index (χ1n) is 13.6. The lowest BCUT2D eigenvalue weighted by atomic mass is 9.99. The Kier molecular flexibility index (Phi) is 11.7. The number of sulfonamides is 1. The number of hydrogen-bond acceptors (Lipinski definition) is 9. The molecular weight excluding hydrogens is 582 g/mol. The number of carbonyl (C=O) groups excluding carboxylic acids is 1. The van der Waals surface area contributed by atoms with Crippen LogP contribution in [0.4, 0.5) is 10.5 Å². The van der Waals surface area contributed by atoms with Gasteiger partial charge in [0.2, 0.25) is 0 Å². The van der Waals surface area contributed by atoms with E-state index in [2.05, 4.69) is 40.4 Å². The first-order valence-corrected chi connectivity index (χ1v) is 18.0. The first kappa shape index (κ1) is 35.6. The molecular formula is C28H45N3O9SSi. The Morgan fingerprint density at radius 1 is 1.21 bits per heavy atom. The summed E-state index contributed by atoms with van der Waals surface area (Å²) < 4.78 is 46.3. The van der Waals surface area contributed by atoms with Gasteiger partial charge in [-0.15, -0.1) is 6.58 Å². The van der Waals surface area contributed by atoms with Crippen LogP contribution >= 0.6 is 0 Å². The molecule has 1 aliphatic rings. The van der Waals surface area contributed by atoms with Gasteiger partial charge >= 0.3 is 6.09 Å². The van der Waals surface area contributed by atoms with Crippen LogP contribution in [0.1, 0.15) is 41.5 Å². The zero-order valence-electron chi connectivity index (χ0n) is 26.1. The van der Waals surface area contributed by atoms with Crippen molar-refractivity contribution in [3.05, 3.63) is 58.7 Å². The van der Waals surface area contributed by atoms with Crippen LogP contribution < -0.4 is 0 Å². The van der Waals surface area contributed by atoms with Crippen molar-refractivity contribution in [3.8, 4) is 0 Å². The second kappa shape index (κ2) is 13.8. The molecule has 0 aromatic heterocycles. The number of hydroxylamine groups is 1. The Labute approximate surface area is 250 Å². The first-order chi connectivity index (χ1) is 19.3. The van der Waals surface area contributed by atoms with Crippen molar-refractivity contribution in [3.63, 3.8) is 0 Å². The molecule has 0 saturated heterocycles. The van der Waals surface area contributed by atoms with Gasteiger partial charge in [-0.25, -0.2) is 13.2 Å². The van der Waals surface area contributed by atoms with Crippen molar-refractivity contribution in [1.29, 1.82) is 0 Å². The lowest BCUT2D eigenvalue weighted by Crippen LogP contribution is -2.57. The summed E-state index contributed by atoms with van der Waals surface area (Å²) in [5.41, 5.74) is -0.946. The number of methoxy groups -OCH3 is 1. The normalized spacial score (nSPS) is 18.5. The number of hydrogen-bond donors (Lipinski definition) is 0. The van der Waals surface area contributed by atoms with Crippen LogP contribution in [0.2, 0.25) is 18.1 Å². The molecule has 2 rings (SSSR count). The minimum absolute atomic E-state index is 0.00374. The van der Waals surface area contributed by atoms with E-state index in [1.54, 1.807) is 26.8 Å². The quantitative estimate of drug-likeness (QED) is 0.131. The second-order valence-corrected chi connectivity index (χ2v) is 19.1. The van der Waals surface area contributed by atoms with Crippen molar-refractivity contribution in [1.82, 2.24) is 9.37 Å². The molecule has 12 nitrogen and oxygen atoms in total. The Balaban J connectivity index is 2.70. The average Bonchev–Trinajstić information content (AvgIpc) is 2.86. The minimum Gasteiger partial charge on any atom is -0.444 e. The lowest BCUT2D eigenvalue weighted by Gasteiger charge is -2.43. The van der Waals surface area contributed by atoms with Gasteiger partial charge in [0.05, 0.1) is 36.8 Å². The maximum Gasteiger partial charge on any atom is 0.410 e. The topological polar surface area (TPSA) is 138 Å². The largest absolute Gasteiger partial charge is 0.444 e. The SMILES string of the molecule is C=CCON(C1CN(C(=O)OC(C)(C)C)[C@H](CO[Si](C)(C)C(C)(C)C)C=C1COC)S(=O)(=O)c1ccccc1[N+](=O)[O-]. The van der Waals surface area contributed by atoms with Crippen molar-refractivity contribution in [2.45, 2.75) is 82.3 Å². The Bertz CT molecular complexity index is 1270. The number of nitro groups is 1. The molecule has 1 amide bonds. The molecule has 1 aliphatic heterocycles. The van der Waals surface area contributed by atoms with Crippen LogP contribution in [0.3, 0.4) is 0 Å². The number of para-hydroxylation sites is 1. The highest BCUT2D eigenvalue weighted by Gasteiger charge is 2.45. The van der Waals surface area contributed by atoms with E-state index in [0.717, 1.165) is 12.1 Å². The Morgan fingerprint density at radius 2 is 1.83 bits per heavy atom. The number of benzene rings is 1. The van der Waals surface area contributed by atoms with Gasteiger partial charge in [0.15, 0.2) is 13.2 Å². The highest BCUT2D eigenvalue weighted by Crippen LogP contribution is 2.38. The van der Waals surface area contributed by atoms with Gasteiger partial charge in [0, 0.05) is 19.7 Å². The maximum atomic E-state index is 14.0. The average molecular weight is 628 g/mol. The molecule has 1 aromatic rings. The van der Waals surface area contributed by atoms with E-state index in [-0.39, 0.29) is 31.4 Å². The smallest absolute Gasteiger partial charge is 0.410 e. The highest BCUT2D eigenvalue weighted by atomic mass is 32.2. The fourth-order valence-electron chi connectivity index (χ4n) is 3.96. The molecule has 1 aromatic carbocycles. The van der Waals surface area contributed by atoms with Crippen LogP contribution in [0.15, 0.2) is 53.5 Å². The summed E-state index contributed by atoms with van der Waals surface area (Å²) in [5, 5.41) is 11.7. The predicted molar refractivity (Wildman–Crippen MR) is 162 cm³/mol. The monoisotopic (exact) mass is 627 g/mol. The van der Waals surface area contributed by atoms with Crippen LogP contribution in [-0.2, 0) is 28.8 Å². The van der Waals surface area contributed by atoms with Crippen molar-refractivity contribution in [2.75, 3.05) is 33.5 Å². The zero-order valence-corrected chi connectivity index (χ0v) is 27.9. The van der Waals surface area contributed by atoms with Gasteiger partial charge in [-0.2, -0.15) is 0 Å². The van der Waals surface area contributed by atoms with Crippen LogP contribution in [0, 0.1) is 10.1 Å². The summed E-state index contributed by atoms with van der Waals surface area (Å²) in [7, 11) is -5.40. The molecule has 0 aliphatic carbocycles. The molecule has 1 unspecified atom stereocenters. The van der Waals surface area contributed by atoms with E-state index in [9.17, 15) is 23.3 Å². The zero-order chi connectivity index (χ0) is 32.1. The van der Waals surface area contributed by atoms with Gasteiger partial charge in [0.1, 0.15) is 5.60 Å². The predicted octanol–water partition coefficient (Wildman–Crippen LogP) is 5.29. The maximum absolute atomic E-state index is 14.0. The van der Waals surface area contributed by atoms with Gasteiger partial charge in [-0.3, -0.25) is 19.9 Å². The molecule has 14 heteroatoms. The molecule has 1 heterocycles. The number of ether oxygens (including phenoxy) is 2. The molecule has 42 heavy (non-hydrogen) atoms. The van der Waals surface area contributed by atoms with E-state index < -0.39 is 57.6 Å². The molecule has 0 bridgehead atoms. The van der Waals surface area contributed by atoms with Crippen LogP contribution in [-0.4, -0.2) is 88.3 Å². The minimum atomic E-state index is -4.63. The molecule has 0 fully saturated rings. The third kappa shape index (κ3) is 8.71. The summed E-state index contributed by atoms with van der Waals surface area (Å²) in [4.78, 5) is 31.1. The molecule has 0 N–H and O–H groups in total. The second-order valence-electron chi connectivity index (χ2n) is 12.5. The third-order valence-corrected chi connectivity index (χ3v) is 13.4. The number of rotatable bonds is 12. The van der Waals surface area contributed by atoms with Gasteiger partial charge in [-0.1, -0.05) is 49.5 Å². The van der Waals surface area contributed by atoms with Crippen LogP contribution in [0.5, 0.6) is 0 Å². The van der Waals surface area contributed by atoms with E-state index in [1.165, 1.54) is 30.2 Å². The van der Waals surface area contributed by atoms with E-state index >= 15 is 0 Å². The molecule has 236 valence electrons. The van der Waals surface area contributed by atoms with Crippen molar-refractivity contribution < 1.29 is 36.9 Å². The van der Waals surface area contributed by atoms with E-state index in [4.69, 9.17) is 18.7 Å². The lowest BCUT2D eigenvalue weighted by molar-refractivity contribution is -0.388. The fourth-order valence-corrected chi connectivity index (χ4v) is 6.56. The Hall–Kier alpha value is -2.62. The standard InChI is InChI=1S/C28H45N3O9SSi/c1-11-16-38-31(41(35,36)25-15-13-12-14-23(25)30(33)34)24-18-29(26(32)40-27(2,3)4)22(17-21(24)19-37-8)20-39-42(9,10)28(5,6)7/h11-15,17,22,24H,1,16,18-20H2,2-10H3/t22-,24?/m0/s1. The van der Waals surface area contributed by atoms with Crippen molar-refractivity contribution in [2.24, 2.45) is 0 Å². The van der Waals surface area contributed by atoms with Crippen LogP contribution in [0.25, 0.3) is 0 Å². The summed E-state index contributed by atoms with van der Waals surface area (Å²) in [6.07, 6.45) is 2.41. The summed E-state index contributed by atoms with van der Waals surface area (Å²) in [6, 6.07) is 3.30. The molecule has 0 saturated carbocycles. The molecule has 0 radical (unpaired) electrons. The number of nitro benzene ring substituents is 1. The summed E-state index contributed by atoms with van der Waals surface area (Å²) in [6.45, 7) is 19.1. The summed E-state index contributed by atoms with van der Waals surface area (Å²) >= 11 is 0. The highest BCUT2D eigenvalue weighted by molar-refractivity contribution is 7.89. The fraction of sp³-hybridized carbons (Fsp3) is 0.607. The number of nitrogens with zero attached hydrogens (tertiary/aromatic N) is 3. The number of amides is 1.